The minimum atomic E-state index is 0.139. The zero-order valence-corrected chi connectivity index (χ0v) is 9.85. The van der Waals surface area contributed by atoms with Crippen molar-refractivity contribution in [3.63, 3.8) is 0 Å². The Balaban J connectivity index is 1.89. The van der Waals surface area contributed by atoms with Crippen LogP contribution in [0.4, 0.5) is 5.69 Å². The number of nitrogens with one attached hydrogen (secondary N) is 1. The molecule has 0 aliphatic heterocycles. The Morgan fingerprint density at radius 2 is 2.13 bits per heavy atom. The molecule has 1 saturated carbocycles. The van der Waals surface area contributed by atoms with E-state index in [1.807, 2.05) is 0 Å². The van der Waals surface area contributed by atoms with Crippen molar-refractivity contribution in [3.8, 4) is 0 Å². The van der Waals surface area contributed by atoms with Crippen LogP contribution in [0, 0.1) is 5.41 Å². The zero-order valence-electron chi connectivity index (χ0n) is 9.04. The van der Waals surface area contributed by atoms with E-state index >= 15 is 0 Å². The van der Waals surface area contributed by atoms with E-state index in [4.69, 9.17) is 0 Å². The SMILES string of the molecule is OCC1(CNc2ccsc2)CCCCC1. The van der Waals surface area contributed by atoms with Gasteiger partial charge in [-0.2, -0.15) is 11.3 Å². The van der Waals surface area contributed by atoms with Gasteiger partial charge in [0.1, 0.15) is 0 Å². The monoisotopic (exact) mass is 225 g/mol. The number of thiophene rings is 1. The maximum atomic E-state index is 9.53. The molecule has 1 aromatic rings. The van der Waals surface area contributed by atoms with Gasteiger partial charge >= 0.3 is 0 Å². The molecule has 2 N–H and O–H groups in total. The van der Waals surface area contributed by atoms with Gasteiger partial charge in [0, 0.05) is 23.0 Å². The van der Waals surface area contributed by atoms with Crippen LogP contribution >= 0.6 is 11.3 Å². The quantitative estimate of drug-likeness (QED) is 0.825. The van der Waals surface area contributed by atoms with Crippen LogP contribution in [0.2, 0.25) is 0 Å². The molecule has 15 heavy (non-hydrogen) atoms. The molecule has 84 valence electrons. The Kier molecular flexibility index (Phi) is 3.65. The third-order valence-corrected chi connectivity index (χ3v) is 4.12. The largest absolute Gasteiger partial charge is 0.396 e. The van der Waals surface area contributed by atoms with Crippen molar-refractivity contribution < 1.29 is 5.11 Å². The lowest BCUT2D eigenvalue weighted by Gasteiger charge is -2.35. The van der Waals surface area contributed by atoms with Crippen LogP contribution in [0.25, 0.3) is 0 Å². The second-order valence-electron chi connectivity index (χ2n) is 4.58. The van der Waals surface area contributed by atoms with Gasteiger partial charge in [0.05, 0.1) is 6.61 Å². The van der Waals surface area contributed by atoms with Crippen LogP contribution in [0.3, 0.4) is 0 Å². The molecular formula is C12H19NOS. The summed E-state index contributed by atoms with van der Waals surface area (Å²) in [6.07, 6.45) is 6.21. The Bertz CT molecular complexity index is 278. The van der Waals surface area contributed by atoms with Gasteiger partial charge in [0.25, 0.3) is 0 Å². The number of aliphatic hydroxyl groups is 1. The maximum absolute atomic E-state index is 9.53. The molecule has 0 saturated heterocycles. The Morgan fingerprint density at radius 3 is 2.73 bits per heavy atom. The molecule has 1 aromatic heterocycles. The smallest absolute Gasteiger partial charge is 0.0504 e. The van der Waals surface area contributed by atoms with Crippen LogP contribution in [0.5, 0.6) is 0 Å². The lowest BCUT2D eigenvalue weighted by molar-refractivity contribution is 0.0944. The minimum Gasteiger partial charge on any atom is -0.396 e. The van der Waals surface area contributed by atoms with E-state index in [-0.39, 0.29) is 5.41 Å². The van der Waals surface area contributed by atoms with Crippen molar-refractivity contribution in [2.75, 3.05) is 18.5 Å². The lowest BCUT2D eigenvalue weighted by Crippen LogP contribution is -2.35. The van der Waals surface area contributed by atoms with E-state index in [1.54, 1.807) is 11.3 Å². The molecular weight excluding hydrogens is 206 g/mol. The fraction of sp³-hybridized carbons (Fsp3) is 0.667. The van der Waals surface area contributed by atoms with Gasteiger partial charge in [-0.25, -0.2) is 0 Å². The molecule has 0 amide bonds. The first kappa shape index (κ1) is 11.0. The van der Waals surface area contributed by atoms with Crippen LogP contribution in [-0.2, 0) is 0 Å². The summed E-state index contributed by atoms with van der Waals surface area (Å²) in [5.74, 6) is 0. The van der Waals surface area contributed by atoms with E-state index in [9.17, 15) is 5.11 Å². The summed E-state index contributed by atoms with van der Waals surface area (Å²) < 4.78 is 0. The van der Waals surface area contributed by atoms with E-state index in [1.165, 1.54) is 37.8 Å². The minimum absolute atomic E-state index is 0.139. The van der Waals surface area contributed by atoms with Gasteiger partial charge in [-0.1, -0.05) is 19.3 Å². The fourth-order valence-electron chi connectivity index (χ4n) is 2.35. The molecule has 0 radical (unpaired) electrons. The first-order valence-electron chi connectivity index (χ1n) is 5.72. The molecule has 0 spiro atoms. The van der Waals surface area contributed by atoms with Crippen molar-refractivity contribution in [2.45, 2.75) is 32.1 Å². The summed E-state index contributed by atoms with van der Waals surface area (Å²) in [6, 6.07) is 2.10. The van der Waals surface area contributed by atoms with E-state index in [0.29, 0.717) is 6.61 Å². The Morgan fingerprint density at radius 1 is 1.33 bits per heavy atom. The molecule has 1 heterocycles. The highest BCUT2D eigenvalue weighted by Crippen LogP contribution is 2.36. The molecule has 1 aliphatic rings. The van der Waals surface area contributed by atoms with Crippen molar-refractivity contribution in [1.29, 1.82) is 0 Å². The normalized spacial score (nSPS) is 20.1. The standard InChI is InChI=1S/C12H19NOS/c14-10-12(5-2-1-3-6-12)9-13-11-4-7-15-8-11/h4,7-8,13-14H,1-3,5-6,9-10H2. The zero-order chi connectivity index (χ0) is 10.6. The number of hydrogen-bond donors (Lipinski definition) is 2. The summed E-state index contributed by atoms with van der Waals surface area (Å²) >= 11 is 1.71. The third-order valence-electron chi connectivity index (χ3n) is 3.44. The molecule has 1 aliphatic carbocycles. The highest BCUT2D eigenvalue weighted by molar-refractivity contribution is 7.08. The van der Waals surface area contributed by atoms with E-state index in [2.05, 4.69) is 22.1 Å². The molecule has 0 aromatic carbocycles. The molecule has 2 nitrogen and oxygen atoms in total. The van der Waals surface area contributed by atoms with Crippen LogP contribution < -0.4 is 5.32 Å². The molecule has 0 unspecified atom stereocenters. The summed E-state index contributed by atoms with van der Waals surface area (Å²) in [5, 5.41) is 17.2. The first-order valence-corrected chi connectivity index (χ1v) is 6.66. The third kappa shape index (κ3) is 2.73. The Hall–Kier alpha value is -0.540. The van der Waals surface area contributed by atoms with Crippen molar-refractivity contribution in [3.05, 3.63) is 16.8 Å². The van der Waals surface area contributed by atoms with Gasteiger partial charge in [0.2, 0.25) is 0 Å². The first-order chi connectivity index (χ1) is 7.35. The number of rotatable bonds is 4. The lowest BCUT2D eigenvalue weighted by atomic mass is 9.74. The van der Waals surface area contributed by atoms with Crippen molar-refractivity contribution in [1.82, 2.24) is 0 Å². The highest BCUT2D eigenvalue weighted by atomic mass is 32.1. The summed E-state index contributed by atoms with van der Waals surface area (Å²) in [5.41, 5.74) is 1.33. The second-order valence-corrected chi connectivity index (χ2v) is 5.36. The molecule has 0 atom stereocenters. The van der Waals surface area contributed by atoms with Crippen molar-refractivity contribution in [2.24, 2.45) is 5.41 Å². The van der Waals surface area contributed by atoms with Gasteiger partial charge in [0.15, 0.2) is 0 Å². The second kappa shape index (κ2) is 4.99. The maximum Gasteiger partial charge on any atom is 0.0504 e. The van der Waals surface area contributed by atoms with Crippen molar-refractivity contribution >= 4 is 17.0 Å². The highest BCUT2D eigenvalue weighted by Gasteiger charge is 2.30. The van der Waals surface area contributed by atoms with Crippen LogP contribution in [0.15, 0.2) is 16.8 Å². The average Bonchev–Trinajstić information content (AvgIpc) is 2.81. The van der Waals surface area contributed by atoms with Gasteiger partial charge < -0.3 is 10.4 Å². The number of aliphatic hydroxyl groups excluding tert-OH is 1. The topological polar surface area (TPSA) is 32.3 Å². The van der Waals surface area contributed by atoms with Crippen LogP contribution in [-0.4, -0.2) is 18.3 Å². The fourth-order valence-corrected chi connectivity index (χ4v) is 2.96. The summed E-state index contributed by atoms with van der Waals surface area (Å²) in [6.45, 7) is 1.24. The molecule has 1 fully saturated rings. The van der Waals surface area contributed by atoms with Gasteiger partial charge in [-0.15, -0.1) is 0 Å². The molecule has 3 heteroatoms. The predicted octanol–water partition coefficient (Wildman–Crippen LogP) is 3.10. The molecule has 0 bridgehead atoms. The Labute approximate surface area is 95.3 Å². The van der Waals surface area contributed by atoms with E-state index in [0.717, 1.165) is 6.54 Å². The van der Waals surface area contributed by atoms with E-state index < -0.39 is 0 Å². The summed E-state index contributed by atoms with van der Waals surface area (Å²) in [7, 11) is 0. The molecule has 2 rings (SSSR count). The van der Waals surface area contributed by atoms with Gasteiger partial charge in [-0.3, -0.25) is 0 Å². The summed E-state index contributed by atoms with van der Waals surface area (Å²) in [4.78, 5) is 0. The number of anilines is 1. The number of hydrogen-bond acceptors (Lipinski definition) is 3. The predicted molar refractivity (Wildman–Crippen MR) is 65.4 cm³/mol. The van der Waals surface area contributed by atoms with Gasteiger partial charge in [-0.05, 0) is 24.3 Å². The average molecular weight is 225 g/mol. The van der Waals surface area contributed by atoms with Crippen LogP contribution in [0.1, 0.15) is 32.1 Å².